The Kier molecular flexibility index (Phi) is 4.17. The Balaban J connectivity index is 1.92. The van der Waals surface area contributed by atoms with Gasteiger partial charge in [-0.3, -0.25) is 0 Å². The van der Waals surface area contributed by atoms with Gasteiger partial charge in [0, 0.05) is 25.6 Å². The van der Waals surface area contributed by atoms with Crippen molar-refractivity contribution in [3.05, 3.63) is 36.0 Å². The maximum atomic E-state index is 5.27. The molecule has 2 aromatic heterocycles. The molecule has 0 fully saturated rings. The average Bonchev–Trinajstić information content (AvgIpc) is 2.82. The molecule has 0 aromatic carbocycles. The van der Waals surface area contributed by atoms with Crippen LogP contribution >= 0.6 is 0 Å². The fourth-order valence-corrected chi connectivity index (χ4v) is 1.70. The number of anilines is 2. The number of nitrogens with one attached hydrogen (secondary N) is 2. The molecule has 96 valence electrons. The van der Waals surface area contributed by atoms with E-state index in [-0.39, 0.29) is 0 Å². The van der Waals surface area contributed by atoms with Crippen molar-refractivity contribution in [1.82, 2.24) is 9.97 Å². The van der Waals surface area contributed by atoms with Crippen LogP contribution in [0, 0.1) is 6.92 Å². The van der Waals surface area contributed by atoms with Crippen LogP contribution in [0.2, 0.25) is 0 Å². The second-order valence-electron chi connectivity index (χ2n) is 3.97. The minimum Gasteiger partial charge on any atom is -0.469 e. The quantitative estimate of drug-likeness (QED) is 0.819. The highest BCUT2D eigenvalue weighted by Crippen LogP contribution is 2.11. The zero-order chi connectivity index (χ0) is 12.8. The maximum absolute atomic E-state index is 5.27. The van der Waals surface area contributed by atoms with Crippen molar-refractivity contribution < 1.29 is 4.42 Å². The second kappa shape index (κ2) is 6.05. The summed E-state index contributed by atoms with van der Waals surface area (Å²) in [5, 5.41) is 6.45. The minimum atomic E-state index is 0.758. The summed E-state index contributed by atoms with van der Waals surface area (Å²) >= 11 is 0. The number of aromatic nitrogens is 2. The van der Waals surface area contributed by atoms with Crippen molar-refractivity contribution in [3.63, 3.8) is 0 Å². The fraction of sp³-hybridized carbons (Fsp3) is 0.385. The summed E-state index contributed by atoms with van der Waals surface area (Å²) in [7, 11) is 0. The first-order valence-electron chi connectivity index (χ1n) is 6.13. The summed E-state index contributed by atoms with van der Waals surface area (Å²) in [5.41, 5.74) is 0. The van der Waals surface area contributed by atoms with Crippen LogP contribution in [0.25, 0.3) is 0 Å². The highest BCUT2D eigenvalue weighted by molar-refractivity contribution is 5.47. The van der Waals surface area contributed by atoms with Crippen LogP contribution in [0.15, 0.2) is 28.9 Å². The Morgan fingerprint density at radius 2 is 2.00 bits per heavy atom. The lowest BCUT2D eigenvalue weighted by Crippen LogP contribution is -2.09. The van der Waals surface area contributed by atoms with Gasteiger partial charge in [-0.1, -0.05) is 0 Å². The molecule has 0 saturated heterocycles. The molecule has 5 heteroatoms. The van der Waals surface area contributed by atoms with Crippen LogP contribution in [0.4, 0.5) is 11.6 Å². The summed E-state index contributed by atoms with van der Waals surface area (Å²) in [6.45, 7) is 5.57. The molecule has 0 aliphatic carbocycles. The van der Waals surface area contributed by atoms with Gasteiger partial charge in [0.05, 0.1) is 6.26 Å². The monoisotopic (exact) mass is 246 g/mol. The minimum absolute atomic E-state index is 0.758. The van der Waals surface area contributed by atoms with Gasteiger partial charge < -0.3 is 15.1 Å². The number of hydrogen-bond donors (Lipinski definition) is 2. The highest BCUT2D eigenvalue weighted by atomic mass is 16.3. The number of nitrogens with zero attached hydrogens (tertiary/aromatic N) is 2. The smallest absolute Gasteiger partial charge is 0.131 e. The SMILES string of the molecule is CCNc1cc(NCCc2ccco2)nc(C)n1. The van der Waals surface area contributed by atoms with Gasteiger partial charge in [-0.25, -0.2) is 9.97 Å². The molecular weight excluding hydrogens is 228 g/mol. The van der Waals surface area contributed by atoms with E-state index >= 15 is 0 Å². The van der Waals surface area contributed by atoms with E-state index in [0.29, 0.717) is 0 Å². The lowest BCUT2D eigenvalue weighted by Gasteiger charge is -2.08. The predicted molar refractivity (Wildman–Crippen MR) is 71.8 cm³/mol. The number of rotatable bonds is 6. The molecule has 0 saturated carbocycles. The van der Waals surface area contributed by atoms with E-state index in [0.717, 1.165) is 42.7 Å². The molecule has 0 radical (unpaired) electrons. The number of aryl methyl sites for hydroxylation is 1. The standard InChI is InChI=1S/C13H18N4O/c1-3-14-12-9-13(17-10(2)16-12)15-7-6-11-5-4-8-18-11/h4-5,8-9H,3,6-7H2,1-2H3,(H2,14,15,16,17). The predicted octanol–water partition coefficient (Wildman–Crippen LogP) is 2.46. The van der Waals surface area contributed by atoms with Crippen LogP contribution in [0.1, 0.15) is 18.5 Å². The Labute approximate surface area is 107 Å². The van der Waals surface area contributed by atoms with E-state index in [2.05, 4.69) is 20.6 Å². The molecule has 2 N–H and O–H groups in total. The molecule has 2 aromatic rings. The Hall–Kier alpha value is -2.04. The first kappa shape index (κ1) is 12.4. The average molecular weight is 246 g/mol. The Bertz CT molecular complexity index is 482. The maximum Gasteiger partial charge on any atom is 0.131 e. The van der Waals surface area contributed by atoms with E-state index < -0.39 is 0 Å². The van der Waals surface area contributed by atoms with Crippen LogP contribution in [0.3, 0.4) is 0 Å². The van der Waals surface area contributed by atoms with Crippen LogP contribution < -0.4 is 10.6 Å². The van der Waals surface area contributed by atoms with E-state index in [9.17, 15) is 0 Å². The van der Waals surface area contributed by atoms with E-state index in [1.807, 2.05) is 32.0 Å². The van der Waals surface area contributed by atoms with Gasteiger partial charge in [-0.2, -0.15) is 0 Å². The van der Waals surface area contributed by atoms with Gasteiger partial charge in [0.2, 0.25) is 0 Å². The van der Waals surface area contributed by atoms with E-state index in [1.54, 1.807) is 6.26 Å². The Morgan fingerprint density at radius 3 is 2.67 bits per heavy atom. The molecule has 0 aliphatic rings. The Morgan fingerprint density at radius 1 is 1.22 bits per heavy atom. The second-order valence-corrected chi connectivity index (χ2v) is 3.97. The van der Waals surface area contributed by atoms with E-state index in [1.165, 1.54) is 0 Å². The van der Waals surface area contributed by atoms with Crippen molar-refractivity contribution in [1.29, 1.82) is 0 Å². The molecule has 2 heterocycles. The molecule has 0 aliphatic heterocycles. The lowest BCUT2D eigenvalue weighted by molar-refractivity contribution is 0.513. The largest absolute Gasteiger partial charge is 0.469 e. The molecule has 0 atom stereocenters. The first-order chi connectivity index (χ1) is 8.78. The first-order valence-corrected chi connectivity index (χ1v) is 6.13. The summed E-state index contributed by atoms with van der Waals surface area (Å²) in [6.07, 6.45) is 2.53. The van der Waals surface area contributed by atoms with Crippen molar-refractivity contribution in [2.24, 2.45) is 0 Å². The summed E-state index contributed by atoms with van der Waals surface area (Å²) < 4.78 is 5.27. The van der Waals surface area contributed by atoms with Crippen molar-refractivity contribution in [2.45, 2.75) is 20.3 Å². The normalized spacial score (nSPS) is 10.3. The summed E-state index contributed by atoms with van der Waals surface area (Å²) in [6, 6.07) is 5.78. The van der Waals surface area contributed by atoms with Gasteiger partial charge in [0.1, 0.15) is 23.2 Å². The third-order valence-electron chi connectivity index (χ3n) is 2.45. The zero-order valence-electron chi connectivity index (χ0n) is 10.7. The van der Waals surface area contributed by atoms with Crippen LogP contribution in [-0.2, 0) is 6.42 Å². The van der Waals surface area contributed by atoms with Crippen LogP contribution in [-0.4, -0.2) is 23.1 Å². The number of hydrogen-bond acceptors (Lipinski definition) is 5. The molecule has 0 spiro atoms. The topological polar surface area (TPSA) is 63.0 Å². The van der Waals surface area contributed by atoms with Crippen molar-refractivity contribution in [2.75, 3.05) is 23.7 Å². The molecule has 2 rings (SSSR count). The van der Waals surface area contributed by atoms with Gasteiger partial charge in [0.15, 0.2) is 0 Å². The lowest BCUT2D eigenvalue weighted by atomic mass is 10.3. The van der Waals surface area contributed by atoms with Crippen molar-refractivity contribution >= 4 is 11.6 Å². The summed E-state index contributed by atoms with van der Waals surface area (Å²) in [5.74, 6) is 3.42. The van der Waals surface area contributed by atoms with E-state index in [4.69, 9.17) is 4.42 Å². The van der Waals surface area contributed by atoms with Crippen molar-refractivity contribution in [3.8, 4) is 0 Å². The molecule has 18 heavy (non-hydrogen) atoms. The van der Waals surface area contributed by atoms with Gasteiger partial charge in [-0.15, -0.1) is 0 Å². The fourth-order valence-electron chi connectivity index (χ4n) is 1.70. The van der Waals surface area contributed by atoms with Crippen LogP contribution in [0.5, 0.6) is 0 Å². The van der Waals surface area contributed by atoms with Gasteiger partial charge in [0.25, 0.3) is 0 Å². The highest BCUT2D eigenvalue weighted by Gasteiger charge is 2.01. The molecule has 0 amide bonds. The zero-order valence-corrected chi connectivity index (χ0v) is 10.7. The number of furan rings is 1. The van der Waals surface area contributed by atoms with Gasteiger partial charge >= 0.3 is 0 Å². The molecule has 0 bridgehead atoms. The van der Waals surface area contributed by atoms with Gasteiger partial charge in [-0.05, 0) is 26.0 Å². The molecule has 5 nitrogen and oxygen atoms in total. The third kappa shape index (κ3) is 3.48. The molecular formula is C13H18N4O. The molecule has 0 unspecified atom stereocenters. The third-order valence-corrected chi connectivity index (χ3v) is 2.45. The summed E-state index contributed by atoms with van der Waals surface area (Å²) in [4.78, 5) is 8.64.